The van der Waals surface area contributed by atoms with Gasteiger partial charge in [-0.3, -0.25) is 9.59 Å². The van der Waals surface area contributed by atoms with E-state index in [9.17, 15) is 18.0 Å². The van der Waals surface area contributed by atoms with Gasteiger partial charge in [-0.25, -0.2) is 8.42 Å². The zero-order valence-corrected chi connectivity index (χ0v) is 16.3. The van der Waals surface area contributed by atoms with Gasteiger partial charge >= 0.3 is 5.97 Å². The fourth-order valence-electron chi connectivity index (χ4n) is 2.97. The van der Waals surface area contributed by atoms with E-state index in [0.717, 1.165) is 19.3 Å². The van der Waals surface area contributed by atoms with Crippen molar-refractivity contribution in [2.45, 2.75) is 50.0 Å². The van der Waals surface area contributed by atoms with E-state index in [-0.39, 0.29) is 35.6 Å². The van der Waals surface area contributed by atoms with Gasteiger partial charge in [0.05, 0.1) is 17.1 Å². The van der Waals surface area contributed by atoms with Gasteiger partial charge in [0.15, 0.2) is 16.4 Å². The molecule has 0 bridgehead atoms. The molecule has 1 aromatic carbocycles. The number of hydrogen-bond donors (Lipinski definition) is 1. The number of sulfone groups is 1. The van der Waals surface area contributed by atoms with Gasteiger partial charge in [-0.05, 0) is 43.0 Å². The van der Waals surface area contributed by atoms with Crippen LogP contribution in [0.15, 0.2) is 29.2 Å². The quantitative estimate of drug-likeness (QED) is 0.709. The normalized spacial score (nSPS) is 20.4. The van der Waals surface area contributed by atoms with E-state index in [2.05, 4.69) is 12.2 Å². The SMILES string of the molecule is C[C@@H]1CCCC[C@@H]1NC(=O)COC(=O)CCS(=O)(=O)c1ccc(Cl)cc1. The minimum Gasteiger partial charge on any atom is -0.456 e. The smallest absolute Gasteiger partial charge is 0.307 e. The van der Waals surface area contributed by atoms with E-state index in [1.807, 2.05) is 0 Å². The maximum Gasteiger partial charge on any atom is 0.307 e. The highest BCUT2D eigenvalue weighted by molar-refractivity contribution is 7.91. The Bertz CT molecular complexity index is 732. The first kappa shape index (κ1) is 20.7. The average Bonchev–Trinajstić information content (AvgIpc) is 2.60. The highest BCUT2D eigenvalue weighted by atomic mass is 35.5. The molecule has 8 heteroatoms. The number of carbonyl (C=O) groups is 2. The lowest BCUT2D eigenvalue weighted by Crippen LogP contribution is -2.42. The Labute approximate surface area is 159 Å². The minimum absolute atomic E-state index is 0.0960. The number of hydrogen-bond acceptors (Lipinski definition) is 5. The van der Waals surface area contributed by atoms with E-state index in [0.29, 0.717) is 10.9 Å². The highest BCUT2D eigenvalue weighted by Gasteiger charge is 2.23. The van der Waals surface area contributed by atoms with Crippen LogP contribution >= 0.6 is 11.6 Å². The Hall–Kier alpha value is -1.60. The average molecular weight is 402 g/mol. The Morgan fingerprint density at radius 1 is 1.19 bits per heavy atom. The summed E-state index contributed by atoms with van der Waals surface area (Å²) in [5.41, 5.74) is 0. The molecule has 0 heterocycles. The highest BCUT2D eigenvalue weighted by Crippen LogP contribution is 2.23. The van der Waals surface area contributed by atoms with Gasteiger partial charge in [-0.2, -0.15) is 0 Å². The van der Waals surface area contributed by atoms with Crippen LogP contribution in [0.1, 0.15) is 39.0 Å². The molecular weight excluding hydrogens is 378 g/mol. The third-order valence-corrected chi connectivity index (χ3v) is 6.55. The number of ether oxygens (including phenoxy) is 1. The molecule has 1 aliphatic carbocycles. The molecule has 1 aromatic rings. The van der Waals surface area contributed by atoms with E-state index in [4.69, 9.17) is 16.3 Å². The fourth-order valence-corrected chi connectivity index (χ4v) is 4.32. The van der Waals surface area contributed by atoms with E-state index < -0.39 is 15.8 Å². The molecule has 1 saturated carbocycles. The molecule has 0 aromatic heterocycles. The van der Waals surface area contributed by atoms with E-state index in [1.165, 1.54) is 30.7 Å². The summed E-state index contributed by atoms with van der Waals surface area (Å²) >= 11 is 5.73. The molecule has 6 nitrogen and oxygen atoms in total. The van der Waals surface area contributed by atoms with Crippen molar-refractivity contribution in [1.29, 1.82) is 0 Å². The second-order valence-corrected chi connectivity index (χ2v) is 9.16. The van der Waals surface area contributed by atoms with Crippen molar-refractivity contribution in [1.82, 2.24) is 5.32 Å². The van der Waals surface area contributed by atoms with E-state index >= 15 is 0 Å². The Morgan fingerprint density at radius 2 is 1.85 bits per heavy atom. The molecule has 2 rings (SSSR count). The van der Waals surface area contributed by atoms with Gasteiger partial charge in [0.25, 0.3) is 5.91 Å². The molecule has 0 aliphatic heterocycles. The largest absolute Gasteiger partial charge is 0.456 e. The molecule has 0 spiro atoms. The number of benzene rings is 1. The summed E-state index contributed by atoms with van der Waals surface area (Å²) in [6, 6.07) is 5.84. The van der Waals surface area contributed by atoms with Crippen LogP contribution in [-0.2, 0) is 24.2 Å². The lowest BCUT2D eigenvalue weighted by atomic mass is 9.86. The molecule has 1 aliphatic rings. The third kappa shape index (κ3) is 6.29. The van der Waals surface area contributed by atoms with Crippen LogP contribution < -0.4 is 5.32 Å². The molecule has 26 heavy (non-hydrogen) atoms. The maximum absolute atomic E-state index is 12.2. The van der Waals surface area contributed by atoms with Crippen LogP contribution in [0.3, 0.4) is 0 Å². The lowest BCUT2D eigenvalue weighted by Gasteiger charge is -2.29. The second-order valence-electron chi connectivity index (χ2n) is 6.62. The first-order chi connectivity index (χ1) is 12.3. The van der Waals surface area contributed by atoms with Gasteiger partial charge < -0.3 is 10.1 Å². The molecule has 0 radical (unpaired) electrons. The summed E-state index contributed by atoms with van der Waals surface area (Å²) in [5, 5.41) is 3.31. The molecule has 1 N–H and O–H groups in total. The van der Waals surface area contributed by atoms with Crippen LogP contribution in [-0.4, -0.2) is 38.7 Å². The van der Waals surface area contributed by atoms with Crippen molar-refractivity contribution in [3.63, 3.8) is 0 Å². The fraction of sp³-hybridized carbons (Fsp3) is 0.556. The first-order valence-corrected chi connectivity index (χ1v) is 10.7. The molecule has 2 atom stereocenters. The van der Waals surface area contributed by atoms with Crippen LogP contribution in [0.5, 0.6) is 0 Å². The predicted octanol–water partition coefficient (Wildman–Crippen LogP) is 2.74. The Morgan fingerprint density at radius 3 is 2.50 bits per heavy atom. The molecule has 0 saturated heterocycles. The zero-order valence-electron chi connectivity index (χ0n) is 14.7. The molecule has 1 fully saturated rings. The minimum atomic E-state index is -3.60. The first-order valence-electron chi connectivity index (χ1n) is 8.71. The van der Waals surface area contributed by atoms with Gasteiger partial charge in [0.2, 0.25) is 0 Å². The predicted molar refractivity (Wildman–Crippen MR) is 98.6 cm³/mol. The Balaban J connectivity index is 1.74. The number of rotatable bonds is 7. The van der Waals surface area contributed by atoms with Crippen molar-refractivity contribution in [3.05, 3.63) is 29.3 Å². The molecule has 1 amide bonds. The van der Waals surface area contributed by atoms with Gasteiger partial charge in [-0.15, -0.1) is 0 Å². The standard InChI is InChI=1S/C18H24ClNO5S/c1-13-4-2-3-5-16(13)20-17(21)12-25-18(22)10-11-26(23,24)15-8-6-14(19)7-9-15/h6-9,13,16H,2-5,10-12H2,1H3,(H,20,21)/t13-,16+/m1/s1. The van der Waals surface area contributed by atoms with Crippen molar-refractivity contribution >= 4 is 33.3 Å². The molecule has 144 valence electrons. The zero-order chi connectivity index (χ0) is 19.2. The van der Waals surface area contributed by atoms with Crippen LogP contribution in [0, 0.1) is 5.92 Å². The number of halogens is 1. The summed E-state index contributed by atoms with van der Waals surface area (Å²) in [4.78, 5) is 23.7. The summed E-state index contributed by atoms with van der Waals surface area (Å²) in [6.07, 6.45) is 3.95. The summed E-state index contributed by atoms with van der Waals surface area (Å²) in [7, 11) is -3.60. The molecule has 0 unspecified atom stereocenters. The third-order valence-electron chi connectivity index (χ3n) is 4.57. The summed E-state index contributed by atoms with van der Waals surface area (Å²) in [6.45, 7) is 1.71. The van der Waals surface area contributed by atoms with E-state index in [1.54, 1.807) is 0 Å². The topological polar surface area (TPSA) is 89.5 Å². The number of amides is 1. The number of carbonyl (C=O) groups excluding carboxylic acids is 2. The van der Waals surface area contributed by atoms with Crippen LogP contribution in [0.2, 0.25) is 5.02 Å². The van der Waals surface area contributed by atoms with Crippen LogP contribution in [0.25, 0.3) is 0 Å². The second kappa shape index (κ2) is 9.37. The van der Waals surface area contributed by atoms with Crippen LogP contribution in [0.4, 0.5) is 0 Å². The molecular formula is C18H24ClNO5S. The lowest BCUT2D eigenvalue weighted by molar-refractivity contribution is -0.148. The Kier molecular flexibility index (Phi) is 7.46. The maximum atomic E-state index is 12.2. The van der Waals surface area contributed by atoms with Crippen molar-refractivity contribution in [2.75, 3.05) is 12.4 Å². The summed E-state index contributed by atoms with van der Waals surface area (Å²) < 4.78 is 29.2. The van der Waals surface area contributed by atoms with Gasteiger partial charge in [-0.1, -0.05) is 31.4 Å². The van der Waals surface area contributed by atoms with Gasteiger partial charge in [0.1, 0.15) is 0 Å². The van der Waals surface area contributed by atoms with Gasteiger partial charge in [0, 0.05) is 11.1 Å². The summed E-state index contributed by atoms with van der Waals surface area (Å²) in [5.74, 6) is -1.03. The van der Waals surface area contributed by atoms with Crippen molar-refractivity contribution in [3.8, 4) is 0 Å². The van der Waals surface area contributed by atoms with Crippen molar-refractivity contribution < 1.29 is 22.7 Å². The number of nitrogens with one attached hydrogen (secondary N) is 1. The monoisotopic (exact) mass is 401 g/mol. The number of esters is 1. The van der Waals surface area contributed by atoms with Crippen molar-refractivity contribution in [2.24, 2.45) is 5.92 Å².